The van der Waals surface area contributed by atoms with Crippen molar-refractivity contribution < 1.29 is 23.7 Å². The van der Waals surface area contributed by atoms with Gasteiger partial charge in [0, 0.05) is 30.6 Å². The largest absolute Gasteiger partial charge is 0.492 e. The Morgan fingerprint density at radius 3 is 2.78 bits per heavy atom. The predicted molar refractivity (Wildman–Crippen MR) is 139 cm³/mol. The lowest BCUT2D eigenvalue weighted by Crippen LogP contribution is -2.36. The van der Waals surface area contributed by atoms with Crippen molar-refractivity contribution in [2.75, 3.05) is 38.2 Å². The maximum absolute atomic E-state index is 12.4. The first-order chi connectivity index (χ1) is 17.7. The zero-order valence-corrected chi connectivity index (χ0v) is 21.8. The summed E-state index contributed by atoms with van der Waals surface area (Å²) >= 11 is 6.45. The molecular formula is C26H30ClN5O5. The van der Waals surface area contributed by atoms with Crippen molar-refractivity contribution in [1.82, 2.24) is 19.9 Å². The number of ether oxygens (including phenoxy) is 4. The van der Waals surface area contributed by atoms with Crippen molar-refractivity contribution in [3.63, 3.8) is 0 Å². The van der Waals surface area contributed by atoms with Crippen LogP contribution in [0.25, 0.3) is 11.0 Å². The van der Waals surface area contributed by atoms with E-state index in [2.05, 4.69) is 20.3 Å². The first-order valence-electron chi connectivity index (χ1n) is 12.3. The summed E-state index contributed by atoms with van der Waals surface area (Å²) in [4.78, 5) is 27.4. The molecule has 4 heterocycles. The highest BCUT2D eigenvalue weighted by atomic mass is 35.5. The fourth-order valence-electron chi connectivity index (χ4n) is 3.99. The van der Waals surface area contributed by atoms with E-state index in [1.54, 1.807) is 17.0 Å². The Bertz CT molecular complexity index is 1280. The summed E-state index contributed by atoms with van der Waals surface area (Å²) < 4.78 is 22.6. The molecule has 11 heteroatoms. The number of rotatable bonds is 7. The number of carbonyl (C=O) groups excluding carboxylic acids is 1. The summed E-state index contributed by atoms with van der Waals surface area (Å²) in [6, 6.07) is 9.08. The van der Waals surface area contributed by atoms with Gasteiger partial charge in [0.2, 0.25) is 5.88 Å². The van der Waals surface area contributed by atoms with Crippen LogP contribution in [-0.4, -0.2) is 70.6 Å². The van der Waals surface area contributed by atoms with Gasteiger partial charge >= 0.3 is 6.09 Å². The van der Waals surface area contributed by atoms with Crippen LogP contribution in [0.3, 0.4) is 0 Å². The number of hydrogen-bond acceptors (Lipinski definition) is 9. The zero-order chi connectivity index (χ0) is 26.0. The Balaban J connectivity index is 1.26. The van der Waals surface area contributed by atoms with E-state index in [0.29, 0.717) is 65.5 Å². The van der Waals surface area contributed by atoms with Gasteiger partial charge in [-0.1, -0.05) is 11.6 Å². The molecule has 0 bridgehead atoms. The molecule has 2 fully saturated rings. The van der Waals surface area contributed by atoms with Gasteiger partial charge in [-0.2, -0.15) is 0 Å². The van der Waals surface area contributed by atoms with Gasteiger partial charge in [-0.05, 0) is 45.0 Å². The smallest absolute Gasteiger partial charge is 0.410 e. The van der Waals surface area contributed by atoms with Gasteiger partial charge in [-0.15, -0.1) is 0 Å². The van der Waals surface area contributed by atoms with Crippen LogP contribution in [0, 0.1) is 5.92 Å². The van der Waals surface area contributed by atoms with E-state index in [-0.39, 0.29) is 12.2 Å². The van der Waals surface area contributed by atoms with Crippen LogP contribution in [0.1, 0.15) is 27.2 Å². The maximum Gasteiger partial charge on any atom is 0.410 e. The number of fused-ring (bicyclic) bond motifs is 1. The third-order valence-corrected chi connectivity index (χ3v) is 6.21. The van der Waals surface area contributed by atoms with Gasteiger partial charge in [-0.3, -0.25) is 0 Å². The Morgan fingerprint density at radius 1 is 1.22 bits per heavy atom. The minimum absolute atomic E-state index is 0.184. The van der Waals surface area contributed by atoms with Crippen LogP contribution in [0.15, 0.2) is 36.7 Å². The Kier molecular flexibility index (Phi) is 7.21. The van der Waals surface area contributed by atoms with E-state index in [1.165, 1.54) is 6.33 Å². The highest BCUT2D eigenvalue weighted by Crippen LogP contribution is 2.31. The molecule has 2 aliphatic rings. The topological polar surface area (TPSA) is 108 Å². The first-order valence-corrected chi connectivity index (χ1v) is 12.6. The molecule has 1 N–H and O–H groups in total. The molecule has 1 aromatic carbocycles. The number of anilines is 2. The molecule has 2 aliphatic heterocycles. The number of benzene rings is 1. The number of halogens is 1. The summed E-state index contributed by atoms with van der Waals surface area (Å²) in [5.41, 5.74) is 1.42. The SMILES string of the molecule is CC(C)(C)OC(=O)N1CC[C@H](Oc2ccc3ncnc(Nc4ccc(OCC5COC5)c(Cl)c4)c3n2)C1. The molecule has 10 nitrogen and oxygen atoms in total. The molecule has 0 saturated carbocycles. The van der Waals surface area contributed by atoms with Crippen LogP contribution >= 0.6 is 11.6 Å². The Labute approximate surface area is 220 Å². The minimum atomic E-state index is -0.539. The summed E-state index contributed by atoms with van der Waals surface area (Å²) in [5, 5.41) is 3.76. The molecule has 1 atom stereocenters. The summed E-state index contributed by atoms with van der Waals surface area (Å²) in [5.74, 6) is 1.99. The number of nitrogens with one attached hydrogen (secondary N) is 1. The third kappa shape index (κ3) is 6.31. The average molecular weight is 528 g/mol. The fraction of sp³-hybridized carbons (Fsp3) is 0.462. The maximum atomic E-state index is 12.4. The lowest BCUT2D eigenvalue weighted by atomic mass is 10.1. The summed E-state index contributed by atoms with van der Waals surface area (Å²) in [6.45, 7) is 8.58. The van der Waals surface area contributed by atoms with Crippen molar-refractivity contribution in [2.45, 2.75) is 38.9 Å². The predicted octanol–water partition coefficient (Wildman–Crippen LogP) is 4.84. The highest BCUT2D eigenvalue weighted by molar-refractivity contribution is 6.32. The Morgan fingerprint density at radius 2 is 2.05 bits per heavy atom. The molecule has 196 valence electrons. The average Bonchev–Trinajstić information content (AvgIpc) is 3.27. The standard InChI is InChI=1S/C26H30ClN5O5/c1-26(2,3)37-25(33)32-9-8-18(11-32)36-22-7-5-20-23(31-22)24(29-15-28-20)30-17-4-6-21(19(27)10-17)35-14-16-12-34-13-16/h4-7,10,15-16,18H,8-9,11-14H2,1-3H3,(H,28,29,30)/t18-/m0/s1. The van der Waals surface area contributed by atoms with Crippen molar-refractivity contribution in [3.8, 4) is 11.6 Å². The van der Waals surface area contributed by atoms with Crippen LogP contribution in [0.2, 0.25) is 5.02 Å². The Hall–Kier alpha value is -3.37. The van der Waals surface area contributed by atoms with E-state index >= 15 is 0 Å². The molecular weight excluding hydrogens is 498 g/mol. The van der Waals surface area contributed by atoms with E-state index in [1.807, 2.05) is 39.0 Å². The van der Waals surface area contributed by atoms with Gasteiger partial charge in [-0.25, -0.2) is 19.7 Å². The van der Waals surface area contributed by atoms with Gasteiger partial charge in [0.1, 0.15) is 29.3 Å². The van der Waals surface area contributed by atoms with Crippen molar-refractivity contribution in [2.24, 2.45) is 5.92 Å². The number of hydrogen-bond donors (Lipinski definition) is 1. The normalized spacial score (nSPS) is 17.9. The molecule has 0 spiro atoms. The molecule has 5 rings (SSSR count). The van der Waals surface area contributed by atoms with Gasteiger partial charge in [0.15, 0.2) is 5.82 Å². The fourth-order valence-corrected chi connectivity index (χ4v) is 4.22. The van der Waals surface area contributed by atoms with Crippen LogP contribution in [0.5, 0.6) is 11.6 Å². The molecule has 37 heavy (non-hydrogen) atoms. The number of carbonyl (C=O) groups is 1. The third-order valence-electron chi connectivity index (χ3n) is 5.92. The number of amides is 1. The molecule has 2 aromatic heterocycles. The molecule has 0 unspecified atom stereocenters. The van der Waals surface area contributed by atoms with Crippen molar-refractivity contribution >= 4 is 40.2 Å². The number of aromatic nitrogens is 3. The number of nitrogens with zero attached hydrogens (tertiary/aromatic N) is 4. The summed E-state index contributed by atoms with van der Waals surface area (Å²) in [6.07, 6.45) is 1.65. The second-order valence-electron chi connectivity index (χ2n) is 10.2. The van der Waals surface area contributed by atoms with Crippen molar-refractivity contribution in [3.05, 3.63) is 41.7 Å². The molecule has 3 aromatic rings. The van der Waals surface area contributed by atoms with E-state index < -0.39 is 5.60 Å². The van der Waals surface area contributed by atoms with Crippen LogP contribution in [0.4, 0.5) is 16.3 Å². The lowest BCUT2D eigenvalue weighted by Gasteiger charge is -2.25. The molecule has 1 amide bonds. The second-order valence-corrected chi connectivity index (χ2v) is 10.6. The monoisotopic (exact) mass is 527 g/mol. The van der Waals surface area contributed by atoms with Crippen LogP contribution in [-0.2, 0) is 9.47 Å². The molecule has 0 radical (unpaired) electrons. The quantitative estimate of drug-likeness (QED) is 0.462. The van der Waals surface area contributed by atoms with Crippen LogP contribution < -0.4 is 14.8 Å². The van der Waals surface area contributed by atoms with E-state index in [0.717, 1.165) is 18.9 Å². The van der Waals surface area contributed by atoms with Gasteiger partial charge < -0.3 is 29.2 Å². The minimum Gasteiger partial charge on any atom is -0.492 e. The van der Waals surface area contributed by atoms with Gasteiger partial charge in [0.25, 0.3) is 0 Å². The lowest BCUT2D eigenvalue weighted by molar-refractivity contribution is -0.0508. The summed E-state index contributed by atoms with van der Waals surface area (Å²) in [7, 11) is 0. The van der Waals surface area contributed by atoms with E-state index in [9.17, 15) is 4.79 Å². The van der Waals surface area contributed by atoms with Gasteiger partial charge in [0.05, 0.1) is 36.9 Å². The second kappa shape index (κ2) is 10.5. The first kappa shape index (κ1) is 25.3. The number of likely N-dealkylation sites (tertiary alicyclic amines) is 1. The van der Waals surface area contributed by atoms with Crippen molar-refractivity contribution in [1.29, 1.82) is 0 Å². The molecule has 2 saturated heterocycles. The molecule has 0 aliphatic carbocycles. The highest BCUT2D eigenvalue weighted by Gasteiger charge is 2.31. The number of pyridine rings is 1. The zero-order valence-electron chi connectivity index (χ0n) is 21.1. The van der Waals surface area contributed by atoms with E-state index in [4.69, 9.17) is 30.5 Å².